The Morgan fingerprint density at radius 3 is 2.33 bits per heavy atom. The quantitative estimate of drug-likeness (QED) is 0.324. The standard InChI is InChI=1S/C5H11NO3/c7-2-3-5(9)4(8)1-6-3/h3-9H,1-2H2/t3-,4+,5?/m1/s1. The highest BCUT2D eigenvalue weighted by Crippen LogP contribution is 2.05. The molecule has 0 aliphatic carbocycles. The molecule has 0 spiro atoms. The molecular formula is C5H11NO3. The highest BCUT2D eigenvalue weighted by molar-refractivity contribution is 4.89. The summed E-state index contributed by atoms with van der Waals surface area (Å²) in [6, 6.07) is -0.347. The first-order valence-corrected chi connectivity index (χ1v) is 2.96. The van der Waals surface area contributed by atoms with E-state index in [2.05, 4.69) is 5.32 Å². The molecule has 4 nitrogen and oxygen atoms in total. The van der Waals surface area contributed by atoms with Crippen LogP contribution in [0.2, 0.25) is 0 Å². The van der Waals surface area contributed by atoms with Gasteiger partial charge in [0.05, 0.1) is 24.9 Å². The normalized spacial score (nSPS) is 43.7. The van der Waals surface area contributed by atoms with E-state index in [0.717, 1.165) is 0 Å². The van der Waals surface area contributed by atoms with Crippen molar-refractivity contribution in [3.63, 3.8) is 0 Å². The first-order chi connectivity index (χ1) is 4.25. The molecule has 4 N–H and O–H groups in total. The molecular weight excluding hydrogens is 122 g/mol. The van der Waals surface area contributed by atoms with Gasteiger partial charge in [-0.25, -0.2) is 0 Å². The maximum Gasteiger partial charge on any atom is 0.0986 e. The fourth-order valence-corrected chi connectivity index (χ4v) is 0.954. The van der Waals surface area contributed by atoms with Gasteiger partial charge in [-0.15, -0.1) is 0 Å². The Morgan fingerprint density at radius 2 is 2.11 bits per heavy atom. The molecule has 1 unspecified atom stereocenters. The van der Waals surface area contributed by atoms with Crippen LogP contribution in [0.1, 0.15) is 0 Å². The second-order valence-electron chi connectivity index (χ2n) is 2.26. The van der Waals surface area contributed by atoms with Crippen molar-refractivity contribution in [2.24, 2.45) is 0 Å². The van der Waals surface area contributed by atoms with Gasteiger partial charge in [0.15, 0.2) is 0 Å². The summed E-state index contributed by atoms with van der Waals surface area (Å²) in [5.74, 6) is 0. The summed E-state index contributed by atoms with van der Waals surface area (Å²) in [7, 11) is 0. The van der Waals surface area contributed by atoms with Gasteiger partial charge in [0.25, 0.3) is 0 Å². The molecule has 0 aromatic heterocycles. The van der Waals surface area contributed by atoms with Crippen molar-refractivity contribution in [3.8, 4) is 0 Å². The molecule has 1 heterocycles. The minimum Gasteiger partial charge on any atom is -0.395 e. The van der Waals surface area contributed by atoms with E-state index < -0.39 is 12.2 Å². The van der Waals surface area contributed by atoms with Gasteiger partial charge >= 0.3 is 0 Å². The fourth-order valence-electron chi connectivity index (χ4n) is 0.954. The molecule has 0 aromatic rings. The monoisotopic (exact) mass is 133 g/mol. The molecule has 0 radical (unpaired) electrons. The topological polar surface area (TPSA) is 72.7 Å². The van der Waals surface area contributed by atoms with Crippen LogP contribution in [0.4, 0.5) is 0 Å². The van der Waals surface area contributed by atoms with Crippen molar-refractivity contribution >= 4 is 0 Å². The van der Waals surface area contributed by atoms with Gasteiger partial charge in [0.1, 0.15) is 0 Å². The molecule has 1 fully saturated rings. The zero-order valence-electron chi connectivity index (χ0n) is 4.99. The van der Waals surface area contributed by atoms with Crippen LogP contribution in [0, 0.1) is 0 Å². The number of hydrogen-bond donors (Lipinski definition) is 4. The molecule has 9 heavy (non-hydrogen) atoms. The van der Waals surface area contributed by atoms with Gasteiger partial charge in [-0.3, -0.25) is 0 Å². The lowest BCUT2D eigenvalue weighted by Gasteiger charge is -2.11. The van der Waals surface area contributed by atoms with Gasteiger partial charge < -0.3 is 20.6 Å². The Hall–Kier alpha value is -0.160. The van der Waals surface area contributed by atoms with Crippen LogP contribution < -0.4 is 5.32 Å². The zero-order chi connectivity index (χ0) is 6.85. The predicted molar refractivity (Wildman–Crippen MR) is 30.9 cm³/mol. The van der Waals surface area contributed by atoms with Crippen molar-refractivity contribution in [3.05, 3.63) is 0 Å². The van der Waals surface area contributed by atoms with E-state index in [1.807, 2.05) is 0 Å². The van der Waals surface area contributed by atoms with Crippen LogP contribution in [0.15, 0.2) is 0 Å². The molecule has 3 atom stereocenters. The lowest BCUT2D eigenvalue weighted by molar-refractivity contribution is 0.0295. The third kappa shape index (κ3) is 1.21. The summed E-state index contributed by atoms with van der Waals surface area (Å²) in [6.45, 7) is 0.241. The molecule has 0 bridgehead atoms. The van der Waals surface area contributed by atoms with E-state index in [-0.39, 0.29) is 12.6 Å². The summed E-state index contributed by atoms with van der Waals surface area (Å²) < 4.78 is 0. The van der Waals surface area contributed by atoms with E-state index in [4.69, 9.17) is 15.3 Å². The minimum atomic E-state index is -0.810. The SMILES string of the molecule is OC[C@H]1NC[C@H](O)C1O. The van der Waals surface area contributed by atoms with Gasteiger partial charge in [0, 0.05) is 6.54 Å². The lowest BCUT2D eigenvalue weighted by Crippen LogP contribution is -2.35. The number of rotatable bonds is 1. The van der Waals surface area contributed by atoms with E-state index in [1.165, 1.54) is 0 Å². The Balaban J connectivity index is 2.41. The predicted octanol–water partition coefficient (Wildman–Crippen LogP) is -2.33. The number of aliphatic hydroxyl groups excluding tert-OH is 3. The molecule has 1 rings (SSSR count). The van der Waals surface area contributed by atoms with Gasteiger partial charge in [-0.1, -0.05) is 0 Å². The van der Waals surface area contributed by atoms with Crippen molar-refractivity contribution in [1.82, 2.24) is 5.32 Å². The van der Waals surface area contributed by atoms with Gasteiger partial charge in [-0.05, 0) is 0 Å². The van der Waals surface area contributed by atoms with E-state index in [9.17, 15) is 0 Å². The molecule has 1 saturated heterocycles. The van der Waals surface area contributed by atoms with Crippen molar-refractivity contribution in [2.45, 2.75) is 18.2 Å². The summed E-state index contributed by atoms with van der Waals surface area (Å²) in [5.41, 5.74) is 0. The maximum absolute atomic E-state index is 8.98. The highest BCUT2D eigenvalue weighted by Gasteiger charge is 2.31. The third-order valence-electron chi connectivity index (χ3n) is 1.59. The summed E-state index contributed by atoms with van der Waals surface area (Å²) in [4.78, 5) is 0. The third-order valence-corrected chi connectivity index (χ3v) is 1.59. The largest absolute Gasteiger partial charge is 0.395 e. The van der Waals surface area contributed by atoms with Crippen LogP contribution in [0.3, 0.4) is 0 Å². The maximum atomic E-state index is 8.98. The van der Waals surface area contributed by atoms with Gasteiger partial charge in [0.2, 0.25) is 0 Å². The van der Waals surface area contributed by atoms with Crippen molar-refractivity contribution < 1.29 is 15.3 Å². The molecule has 0 amide bonds. The van der Waals surface area contributed by atoms with Crippen LogP contribution in [0.25, 0.3) is 0 Å². The molecule has 4 heteroatoms. The Labute approximate surface area is 53.1 Å². The number of nitrogens with one attached hydrogen (secondary N) is 1. The van der Waals surface area contributed by atoms with E-state index >= 15 is 0 Å². The fraction of sp³-hybridized carbons (Fsp3) is 1.00. The van der Waals surface area contributed by atoms with Crippen molar-refractivity contribution in [1.29, 1.82) is 0 Å². The number of β-amino-alcohol motifs (C(OH)–C–C–N with tert-alkyl or cyclic N) is 1. The van der Waals surface area contributed by atoms with Gasteiger partial charge in [-0.2, -0.15) is 0 Å². The van der Waals surface area contributed by atoms with Crippen LogP contribution in [-0.4, -0.2) is 46.7 Å². The van der Waals surface area contributed by atoms with Crippen molar-refractivity contribution in [2.75, 3.05) is 13.2 Å². The van der Waals surface area contributed by atoms with E-state index in [0.29, 0.717) is 6.54 Å². The van der Waals surface area contributed by atoms with Crippen LogP contribution in [0.5, 0.6) is 0 Å². The molecule has 54 valence electrons. The highest BCUT2D eigenvalue weighted by atomic mass is 16.3. The molecule has 1 aliphatic rings. The number of aliphatic hydroxyl groups is 3. The van der Waals surface area contributed by atoms with Crippen LogP contribution >= 0.6 is 0 Å². The first-order valence-electron chi connectivity index (χ1n) is 2.96. The second kappa shape index (κ2) is 2.62. The van der Waals surface area contributed by atoms with Crippen LogP contribution in [-0.2, 0) is 0 Å². The smallest absolute Gasteiger partial charge is 0.0986 e. The zero-order valence-corrected chi connectivity index (χ0v) is 4.99. The molecule has 0 aromatic carbocycles. The Morgan fingerprint density at radius 1 is 1.44 bits per heavy atom. The average Bonchev–Trinajstić information content (AvgIpc) is 2.15. The van der Waals surface area contributed by atoms with E-state index in [1.54, 1.807) is 0 Å². The summed E-state index contributed by atoms with van der Waals surface area (Å²) in [5, 5.41) is 29.1. The second-order valence-corrected chi connectivity index (χ2v) is 2.26. The molecule has 0 saturated carbocycles. The number of hydrogen-bond acceptors (Lipinski definition) is 4. The Bertz CT molecular complexity index is 98.2. The first kappa shape index (κ1) is 6.95. The minimum absolute atomic E-state index is 0.127. The Kier molecular flexibility index (Phi) is 2.02. The summed E-state index contributed by atoms with van der Waals surface area (Å²) in [6.07, 6.45) is -1.53. The lowest BCUT2D eigenvalue weighted by atomic mass is 10.1. The molecule has 1 aliphatic heterocycles. The average molecular weight is 133 g/mol. The summed E-state index contributed by atoms with van der Waals surface area (Å²) >= 11 is 0.